The maximum atomic E-state index is 9.15. The van der Waals surface area contributed by atoms with Crippen molar-refractivity contribution in [1.82, 2.24) is 4.90 Å². The van der Waals surface area contributed by atoms with E-state index in [9.17, 15) is 0 Å². The van der Waals surface area contributed by atoms with E-state index < -0.39 is 13.5 Å². The van der Waals surface area contributed by atoms with Gasteiger partial charge in [0.25, 0.3) is 0 Å². The molecule has 0 heterocycles. The van der Waals surface area contributed by atoms with Crippen molar-refractivity contribution in [2.24, 2.45) is 5.50 Å². The largest absolute Gasteiger partial charge is 0.338 e. The van der Waals surface area contributed by atoms with Crippen molar-refractivity contribution in [3.05, 3.63) is 0 Å². The molecule has 0 amide bonds. The van der Waals surface area contributed by atoms with Gasteiger partial charge in [-0.3, -0.25) is 10.4 Å². The van der Waals surface area contributed by atoms with E-state index in [2.05, 4.69) is 0 Å². The minimum absolute atomic E-state index is 0.0865. The summed E-state index contributed by atoms with van der Waals surface area (Å²) in [7, 11) is -2.00. The van der Waals surface area contributed by atoms with Gasteiger partial charge in [-0.05, 0) is 27.7 Å². The standard InChI is InChI=1S/C9H19ClN3O2P/c1-7(2)13(8(3)4)9(10,5-11)6-15-16(12)14/h7-8,14H,6,12H2,1-4H3. The lowest BCUT2D eigenvalue weighted by Crippen LogP contribution is -2.53. The van der Waals surface area contributed by atoms with Crippen LogP contribution in [0.5, 0.6) is 0 Å². The van der Waals surface area contributed by atoms with Crippen LogP contribution in [0.2, 0.25) is 0 Å². The van der Waals surface area contributed by atoms with Crippen molar-refractivity contribution >= 4 is 20.1 Å². The minimum atomic E-state index is -2.00. The first-order chi connectivity index (χ1) is 7.24. The fraction of sp³-hybridized carbons (Fsp3) is 0.889. The molecule has 5 nitrogen and oxygen atoms in total. The van der Waals surface area contributed by atoms with Crippen LogP contribution in [0.4, 0.5) is 0 Å². The molecule has 0 saturated carbocycles. The van der Waals surface area contributed by atoms with Crippen LogP contribution in [-0.2, 0) is 4.52 Å². The van der Waals surface area contributed by atoms with Gasteiger partial charge in [0, 0.05) is 12.1 Å². The maximum absolute atomic E-state index is 9.15. The van der Waals surface area contributed by atoms with Gasteiger partial charge in [0.2, 0.25) is 13.5 Å². The predicted molar refractivity (Wildman–Crippen MR) is 65.6 cm³/mol. The maximum Gasteiger partial charge on any atom is 0.250 e. The van der Waals surface area contributed by atoms with Crippen LogP contribution < -0.4 is 5.50 Å². The van der Waals surface area contributed by atoms with Gasteiger partial charge >= 0.3 is 0 Å². The Morgan fingerprint density at radius 3 is 2.19 bits per heavy atom. The number of nitriles is 1. The average molecular weight is 268 g/mol. The monoisotopic (exact) mass is 267 g/mol. The Morgan fingerprint density at radius 2 is 1.94 bits per heavy atom. The molecule has 7 heteroatoms. The van der Waals surface area contributed by atoms with Crippen LogP contribution in [0.1, 0.15) is 27.7 Å². The predicted octanol–water partition coefficient (Wildman–Crippen LogP) is 1.76. The fourth-order valence-electron chi connectivity index (χ4n) is 1.73. The van der Waals surface area contributed by atoms with Crippen LogP contribution in [-0.4, -0.2) is 33.5 Å². The van der Waals surface area contributed by atoms with Crippen LogP contribution in [0.3, 0.4) is 0 Å². The Labute approximate surface area is 103 Å². The Bertz CT molecular complexity index is 250. The topological polar surface area (TPSA) is 82.5 Å². The van der Waals surface area contributed by atoms with Gasteiger partial charge in [-0.1, -0.05) is 11.6 Å². The van der Waals surface area contributed by atoms with Crippen LogP contribution in [0.15, 0.2) is 0 Å². The van der Waals surface area contributed by atoms with Gasteiger partial charge in [0.15, 0.2) is 0 Å². The molecule has 2 unspecified atom stereocenters. The van der Waals surface area contributed by atoms with Crippen molar-refractivity contribution in [3.8, 4) is 6.07 Å². The third-order valence-corrected chi connectivity index (χ3v) is 2.86. The number of hydrogen-bond donors (Lipinski definition) is 2. The molecule has 0 aromatic rings. The highest BCUT2D eigenvalue weighted by Crippen LogP contribution is 2.30. The molecule has 0 aliphatic rings. The summed E-state index contributed by atoms with van der Waals surface area (Å²) < 4.78 is 4.88. The first kappa shape index (κ1) is 16.1. The molecule has 0 aliphatic carbocycles. The van der Waals surface area contributed by atoms with Crippen molar-refractivity contribution in [3.63, 3.8) is 0 Å². The molecule has 0 aliphatic heterocycles. The Morgan fingerprint density at radius 1 is 1.50 bits per heavy atom. The number of halogens is 1. The summed E-state index contributed by atoms with van der Waals surface area (Å²) in [6, 6.07) is 2.18. The second-order valence-corrected chi connectivity index (χ2v) is 5.53. The summed E-state index contributed by atoms with van der Waals surface area (Å²) in [5.41, 5.74) is 5.12. The van der Waals surface area contributed by atoms with Crippen molar-refractivity contribution < 1.29 is 9.42 Å². The van der Waals surface area contributed by atoms with E-state index in [1.54, 1.807) is 0 Å². The first-order valence-corrected chi connectivity index (χ1v) is 6.65. The number of alkyl halides is 1. The molecule has 0 saturated heterocycles. The highest BCUT2D eigenvalue weighted by Gasteiger charge is 2.39. The molecule has 2 atom stereocenters. The van der Waals surface area contributed by atoms with Gasteiger partial charge < -0.3 is 9.42 Å². The van der Waals surface area contributed by atoms with E-state index in [1.807, 2.05) is 38.7 Å². The molecular weight excluding hydrogens is 249 g/mol. The zero-order valence-electron chi connectivity index (χ0n) is 10.0. The smallest absolute Gasteiger partial charge is 0.250 e. The lowest BCUT2D eigenvalue weighted by Gasteiger charge is -2.39. The molecule has 94 valence electrons. The SMILES string of the molecule is CC(C)N(C(C)C)C(Cl)(C#N)COP(N)O. The molecule has 0 spiro atoms. The average Bonchev–Trinajstić information content (AvgIpc) is 2.13. The highest BCUT2D eigenvalue weighted by atomic mass is 35.5. The van der Waals surface area contributed by atoms with Crippen LogP contribution in [0.25, 0.3) is 0 Å². The zero-order valence-corrected chi connectivity index (χ0v) is 11.7. The summed E-state index contributed by atoms with van der Waals surface area (Å²) in [6.07, 6.45) is 0. The van der Waals surface area contributed by atoms with E-state index in [0.29, 0.717) is 0 Å². The van der Waals surface area contributed by atoms with Crippen LogP contribution >= 0.6 is 20.1 Å². The summed E-state index contributed by atoms with van der Waals surface area (Å²) in [6.45, 7) is 7.65. The number of hydrogen-bond acceptors (Lipinski definition) is 5. The summed E-state index contributed by atoms with van der Waals surface area (Å²) in [5.74, 6) is 0. The number of nitrogens with zero attached hydrogens (tertiary/aromatic N) is 2. The van der Waals surface area contributed by atoms with E-state index in [-0.39, 0.29) is 18.7 Å². The van der Waals surface area contributed by atoms with Gasteiger partial charge in [-0.2, -0.15) is 5.26 Å². The molecule has 0 radical (unpaired) electrons. The van der Waals surface area contributed by atoms with Gasteiger partial charge in [0.1, 0.15) is 12.7 Å². The van der Waals surface area contributed by atoms with Crippen molar-refractivity contribution in [2.45, 2.75) is 44.8 Å². The third kappa shape index (κ3) is 4.50. The molecule has 16 heavy (non-hydrogen) atoms. The Kier molecular flexibility index (Phi) is 6.73. The van der Waals surface area contributed by atoms with Crippen molar-refractivity contribution in [1.29, 1.82) is 5.26 Å². The lowest BCUT2D eigenvalue weighted by molar-refractivity contribution is 0.0805. The third-order valence-electron chi connectivity index (χ3n) is 2.08. The van der Waals surface area contributed by atoms with E-state index in [0.717, 1.165) is 0 Å². The molecular formula is C9H19ClN3O2P. The molecule has 0 fully saturated rings. The lowest BCUT2D eigenvalue weighted by atomic mass is 10.1. The minimum Gasteiger partial charge on any atom is -0.338 e. The Balaban J connectivity index is 4.83. The molecule has 0 aromatic carbocycles. The van der Waals surface area contributed by atoms with Gasteiger partial charge in [-0.25, -0.2) is 0 Å². The summed E-state index contributed by atoms with van der Waals surface area (Å²) >= 11 is 6.21. The Hall–Kier alpha value is 0.0500. The number of rotatable bonds is 6. The van der Waals surface area contributed by atoms with E-state index >= 15 is 0 Å². The molecule has 0 rings (SSSR count). The van der Waals surface area contributed by atoms with Crippen LogP contribution in [0, 0.1) is 11.3 Å². The first-order valence-electron chi connectivity index (χ1n) is 4.99. The number of nitrogens with two attached hydrogens (primary N) is 1. The van der Waals surface area contributed by atoms with Crippen molar-refractivity contribution in [2.75, 3.05) is 6.61 Å². The second-order valence-electron chi connectivity index (χ2n) is 4.04. The molecule has 3 N–H and O–H groups in total. The zero-order chi connectivity index (χ0) is 12.9. The van der Waals surface area contributed by atoms with E-state index in [4.69, 9.17) is 31.8 Å². The summed E-state index contributed by atoms with van der Waals surface area (Å²) in [5, 5.41) is 9.15. The van der Waals surface area contributed by atoms with E-state index in [1.165, 1.54) is 0 Å². The van der Waals surface area contributed by atoms with Gasteiger partial charge in [-0.15, -0.1) is 0 Å². The summed E-state index contributed by atoms with van der Waals surface area (Å²) in [4.78, 5) is 9.42. The van der Waals surface area contributed by atoms with Gasteiger partial charge in [0.05, 0.1) is 0 Å². The second kappa shape index (κ2) is 6.70. The fourth-order valence-corrected chi connectivity index (χ4v) is 2.57. The highest BCUT2D eigenvalue weighted by molar-refractivity contribution is 7.43. The molecule has 0 aromatic heterocycles. The quantitative estimate of drug-likeness (QED) is 0.435. The normalized spacial score (nSPS) is 17.6. The molecule has 0 bridgehead atoms.